The van der Waals surface area contributed by atoms with Crippen LogP contribution in [0.2, 0.25) is 5.02 Å². The number of aryl methyl sites for hydroxylation is 2. The van der Waals surface area contributed by atoms with Gasteiger partial charge in [0, 0.05) is 16.8 Å². The zero-order valence-corrected chi connectivity index (χ0v) is 11.8. The minimum absolute atomic E-state index is 0.300. The van der Waals surface area contributed by atoms with Gasteiger partial charge in [0.1, 0.15) is 11.3 Å². The maximum atomic E-state index is 11.2. The Morgan fingerprint density at radius 3 is 2.75 bits per heavy atom. The number of aromatic nitrogens is 2. The molecule has 4 nitrogen and oxygen atoms in total. The summed E-state index contributed by atoms with van der Waals surface area (Å²) in [4.78, 5) is 15.7. The number of fused-ring (bicyclic) bond motifs is 1. The lowest BCUT2D eigenvalue weighted by Gasteiger charge is -2.03. The van der Waals surface area contributed by atoms with Gasteiger partial charge < -0.3 is 0 Å². The fourth-order valence-corrected chi connectivity index (χ4v) is 2.43. The van der Waals surface area contributed by atoms with E-state index in [2.05, 4.69) is 10.2 Å². The Morgan fingerprint density at radius 1 is 1.20 bits per heavy atom. The number of pyridine rings is 1. The topological polar surface area (TPSA) is 46.7 Å². The first-order chi connectivity index (χ1) is 9.60. The summed E-state index contributed by atoms with van der Waals surface area (Å²) in [5.74, 6) is 0.300. The molecule has 0 bridgehead atoms. The Kier molecular flexibility index (Phi) is 3.03. The first-order valence-corrected chi connectivity index (χ1v) is 6.56. The van der Waals surface area contributed by atoms with Gasteiger partial charge in [-0.2, -0.15) is 0 Å². The molecule has 0 spiro atoms. The van der Waals surface area contributed by atoms with E-state index < -0.39 is 0 Å². The fourth-order valence-electron chi connectivity index (χ4n) is 2.26. The van der Waals surface area contributed by atoms with E-state index in [1.165, 1.54) is 0 Å². The number of hydrogen-bond donors (Lipinski definition) is 0. The van der Waals surface area contributed by atoms with Gasteiger partial charge in [0.2, 0.25) is 5.82 Å². The predicted octanol–water partition coefficient (Wildman–Crippen LogP) is 4.67. The van der Waals surface area contributed by atoms with Crippen molar-refractivity contribution < 1.29 is 0 Å². The van der Waals surface area contributed by atoms with Gasteiger partial charge in [0.05, 0.1) is 0 Å². The van der Waals surface area contributed by atoms with E-state index in [1.807, 2.05) is 44.3 Å². The number of rotatable bonds is 2. The summed E-state index contributed by atoms with van der Waals surface area (Å²) in [6, 6.07) is 9.34. The van der Waals surface area contributed by atoms with Crippen LogP contribution in [-0.4, -0.2) is 9.38 Å². The van der Waals surface area contributed by atoms with E-state index in [4.69, 9.17) is 11.6 Å². The third-order valence-corrected chi connectivity index (χ3v) is 3.52. The summed E-state index contributed by atoms with van der Waals surface area (Å²) in [5.41, 5.74) is 4.12. The average molecular weight is 286 g/mol. The number of halogens is 1. The second-order valence-corrected chi connectivity index (χ2v) is 5.21. The summed E-state index contributed by atoms with van der Waals surface area (Å²) in [6.07, 6.45) is 1.85. The van der Waals surface area contributed by atoms with Crippen molar-refractivity contribution in [2.24, 2.45) is 5.18 Å². The quantitative estimate of drug-likeness (QED) is 0.642. The van der Waals surface area contributed by atoms with E-state index in [0.29, 0.717) is 22.2 Å². The van der Waals surface area contributed by atoms with Crippen molar-refractivity contribution in [2.45, 2.75) is 13.8 Å². The van der Waals surface area contributed by atoms with Crippen molar-refractivity contribution in [3.63, 3.8) is 0 Å². The van der Waals surface area contributed by atoms with Crippen molar-refractivity contribution in [3.8, 4) is 11.3 Å². The molecular formula is C15H12ClN3O. The van der Waals surface area contributed by atoms with Crippen LogP contribution in [0.15, 0.2) is 41.7 Å². The minimum atomic E-state index is 0.300. The van der Waals surface area contributed by atoms with Crippen LogP contribution < -0.4 is 0 Å². The molecular weight excluding hydrogens is 274 g/mol. The highest BCUT2D eigenvalue weighted by molar-refractivity contribution is 6.30. The Bertz CT molecular complexity index is 823. The normalized spacial score (nSPS) is 10.9. The predicted molar refractivity (Wildman–Crippen MR) is 80.6 cm³/mol. The monoisotopic (exact) mass is 285 g/mol. The number of benzene rings is 1. The molecule has 0 saturated carbocycles. The number of imidazole rings is 1. The molecule has 5 heteroatoms. The van der Waals surface area contributed by atoms with Gasteiger partial charge in [-0.25, -0.2) is 4.98 Å². The third-order valence-electron chi connectivity index (χ3n) is 3.28. The lowest BCUT2D eigenvalue weighted by Crippen LogP contribution is -1.85. The molecule has 0 saturated heterocycles. The molecule has 0 fully saturated rings. The molecule has 0 radical (unpaired) electrons. The van der Waals surface area contributed by atoms with E-state index in [9.17, 15) is 4.91 Å². The molecule has 0 atom stereocenters. The van der Waals surface area contributed by atoms with Crippen molar-refractivity contribution >= 4 is 23.1 Å². The van der Waals surface area contributed by atoms with Gasteiger partial charge >= 0.3 is 0 Å². The van der Waals surface area contributed by atoms with E-state index in [-0.39, 0.29) is 0 Å². The molecule has 0 aliphatic heterocycles. The second kappa shape index (κ2) is 4.72. The van der Waals surface area contributed by atoms with Crippen LogP contribution in [0.4, 0.5) is 5.82 Å². The van der Waals surface area contributed by atoms with Crippen LogP contribution in [0.3, 0.4) is 0 Å². The molecule has 3 aromatic rings. The van der Waals surface area contributed by atoms with E-state index in [0.717, 1.165) is 16.7 Å². The fraction of sp³-hybridized carbons (Fsp3) is 0.133. The molecule has 3 rings (SSSR count). The van der Waals surface area contributed by atoms with Gasteiger partial charge in [0.15, 0.2) is 0 Å². The summed E-state index contributed by atoms with van der Waals surface area (Å²) in [5, 5.41) is 3.76. The van der Waals surface area contributed by atoms with Crippen molar-refractivity contribution in [1.29, 1.82) is 0 Å². The first-order valence-electron chi connectivity index (χ1n) is 6.19. The van der Waals surface area contributed by atoms with Gasteiger partial charge in [-0.3, -0.25) is 4.40 Å². The summed E-state index contributed by atoms with van der Waals surface area (Å²) < 4.78 is 1.71. The lowest BCUT2D eigenvalue weighted by atomic mass is 10.1. The molecule has 2 aromatic heterocycles. The summed E-state index contributed by atoms with van der Waals surface area (Å²) >= 11 is 6.04. The summed E-state index contributed by atoms with van der Waals surface area (Å²) in [6.45, 7) is 3.91. The first kappa shape index (κ1) is 12.8. The van der Waals surface area contributed by atoms with Crippen molar-refractivity contribution in [1.82, 2.24) is 9.38 Å². The van der Waals surface area contributed by atoms with Gasteiger partial charge in [-0.05, 0) is 48.4 Å². The lowest BCUT2D eigenvalue weighted by molar-refractivity contribution is 1.14. The molecule has 100 valence electrons. The van der Waals surface area contributed by atoms with Crippen LogP contribution in [0.5, 0.6) is 0 Å². The molecule has 0 aliphatic rings. The highest BCUT2D eigenvalue weighted by atomic mass is 35.5. The maximum Gasteiger partial charge on any atom is 0.209 e. The molecule has 0 N–H and O–H groups in total. The van der Waals surface area contributed by atoms with Crippen molar-refractivity contribution in [3.05, 3.63) is 57.6 Å². The molecule has 0 amide bonds. The third kappa shape index (κ3) is 1.98. The minimum Gasteiger partial charge on any atom is -0.281 e. The van der Waals surface area contributed by atoms with Gasteiger partial charge in [-0.1, -0.05) is 23.7 Å². The zero-order chi connectivity index (χ0) is 14.3. The van der Waals surface area contributed by atoms with Crippen LogP contribution in [0, 0.1) is 18.8 Å². The maximum absolute atomic E-state index is 11.2. The number of nitrogens with zero attached hydrogens (tertiary/aromatic N) is 3. The average Bonchev–Trinajstić information content (AvgIpc) is 2.79. The van der Waals surface area contributed by atoms with Crippen LogP contribution in [0.1, 0.15) is 11.1 Å². The number of hydrogen-bond acceptors (Lipinski definition) is 3. The zero-order valence-electron chi connectivity index (χ0n) is 11.1. The second-order valence-electron chi connectivity index (χ2n) is 4.77. The van der Waals surface area contributed by atoms with Gasteiger partial charge in [0.25, 0.3) is 0 Å². The van der Waals surface area contributed by atoms with Crippen LogP contribution in [0.25, 0.3) is 16.9 Å². The Labute approximate surface area is 121 Å². The highest BCUT2D eigenvalue weighted by Crippen LogP contribution is 2.34. The smallest absolute Gasteiger partial charge is 0.209 e. The largest absolute Gasteiger partial charge is 0.281 e. The molecule has 0 unspecified atom stereocenters. The van der Waals surface area contributed by atoms with E-state index in [1.54, 1.807) is 10.5 Å². The van der Waals surface area contributed by atoms with Crippen LogP contribution in [-0.2, 0) is 0 Å². The molecule has 2 heterocycles. The molecule has 20 heavy (non-hydrogen) atoms. The Balaban J connectivity index is 2.36. The van der Waals surface area contributed by atoms with Crippen LogP contribution >= 0.6 is 11.6 Å². The Hall–Kier alpha value is -2.20. The standard InChI is InChI=1S/C15H12ClN3O/c1-9-3-6-13-17-14(15(18-20)19(13)8-9)12-7-11(16)5-4-10(12)2/h3-8H,1-2H3. The van der Waals surface area contributed by atoms with Crippen molar-refractivity contribution in [2.75, 3.05) is 0 Å². The number of nitroso groups, excluding NO2 is 1. The Morgan fingerprint density at radius 2 is 2.00 bits per heavy atom. The highest BCUT2D eigenvalue weighted by Gasteiger charge is 2.16. The molecule has 0 aliphatic carbocycles. The van der Waals surface area contributed by atoms with E-state index >= 15 is 0 Å². The summed E-state index contributed by atoms with van der Waals surface area (Å²) in [7, 11) is 0. The van der Waals surface area contributed by atoms with Gasteiger partial charge in [-0.15, -0.1) is 4.91 Å². The SMILES string of the molecule is Cc1ccc2nc(-c3cc(Cl)ccc3C)c(N=O)n2c1. The molecule has 1 aromatic carbocycles.